The van der Waals surface area contributed by atoms with Gasteiger partial charge < -0.3 is 0 Å². The van der Waals surface area contributed by atoms with Gasteiger partial charge in [0, 0.05) is 5.56 Å². The van der Waals surface area contributed by atoms with E-state index in [1.807, 2.05) is 12.1 Å². The lowest BCUT2D eigenvalue weighted by Gasteiger charge is -2.27. The lowest BCUT2D eigenvalue weighted by molar-refractivity contribution is 0.265. The Kier molecular flexibility index (Phi) is 7.00. The van der Waals surface area contributed by atoms with Gasteiger partial charge in [-0.3, -0.25) is 0 Å². The van der Waals surface area contributed by atoms with Gasteiger partial charge in [0.05, 0.1) is 5.56 Å². The van der Waals surface area contributed by atoms with Crippen LogP contribution >= 0.6 is 0 Å². The number of aryl methyl sites for hydroxylation is 1. The fourth-order valence-electron chi connectivity index (χ4n) is 4.64. The van der Waals surface area contributed by atoms with Gasteiger partial charge >= 0.3 is 0 Å². The summed E-state index contributed by atoms with van der Waals surface area (Å²) in [6.45, 7) is 3.84. The average Bonchev–Trinajstić information content (AvgIpc) is 2.79. The van der Waals surface area contributed by atoms with Crippen LogP contribution in [-0.4, -0.2) is 0 Å². The van der Waals surface area contributed by atoms with Gasteiger partial charge in [-0.05, 0) is 96.7 Å². The third-order valence-electron chi connectivity index (χ3n) is 6.56. The van der Waals surface area contributed by atoms with E-state index >= 15 is 0 Å². The zero-order valence-corrected chi connectivity index (χ0v) is 18.1. The highest BCUT2D eigenvalue weighted by molar-refractivity contribution is 5.84. The molecule has 0 bridgehead atoms. The highest BCUT2D eigenvalue weighted by atomic mass is 19.2. The Morgan fingerprint density at radius 1 is 0.781 bits per heavy atom. The van der Waals surface area contributed by atoms with Crippen LogP contribution in [0.5, 0.6) is 0 Å². The van der Waals surface area contributed by atoms with Crippen LogP contribution in [0.4, 0.5) is 13.2 Å². The SMILES string of the molecule is C=CCC1CCC(CCc2ccc(C#Cc3ccc4cc(F)c(F)cc4c3)c(F)c2)CC1. The van der Waals surface area contributed by atoms with Crippen molar-refractivity contribution >= 4 is 10.8 Å². The molecular formula is C29H27F3. The maximum absolute atomic E-state index is 14.6. The lowest BCUT2D eigenvalue weighted by atomic mass is 9.78. The summed E-state index contributed by atoms with van der Waals surface area (Å²) in [5, 5.41) is 1.16. The molecule has 4 rings (SSSR count). The second kappa shape index (κ2) is 10.1. The summed E-state index contributed by atoms with van der Waals surface area (Å²) < 4.78 is 41.4. The summed E-state index contributed by atoms with van der Waals surface area (Å²) in [7, 11) is 0. The minimum absolute atomic E-state index is 0.321. The van der Waals surface area contributed by atoms with Crippen LogP contribution in [0.2, 0.25) is 0 Å². The molecule has 0 aliphatic heterocycles. The topological polar surface area (TPSA) is 0 Å². The van der Waals surface area contributed by atoms with Crippen molar-refractivity contribution in [2.24, 2.45) is 11.8 Å². The Morgan fingerprint density at radius 2 is 1.50 bits per heavy atom. The molecule has 1 fully saturated rings. The van der Waals surface area contributed by atoms with Crippen LogP contribution in [0, 0.1) is 41.1 Å². The predicted octanol–water partition coefficient (Wildman–Crippen LogP) is 7.97. The van der Waals surface area contributed by atoms with Gasteiger partial charge in [-0.25, -0.2) is 13.2 Å². The Labute approximate surface area is 188 Å². The first kappa shape index (κ1) is 22.2. The van der Waals surface area contributed by atoms with E-state index in [0.29, 0.717) is 21.9 Å². The molecule has 164 valence electrons. The van der Waals surface area contributed by atoms with E-state index in [9.17, 15) is 13.2 Å². The number of rotatable bonds is 5. The Balaban J connectivity index is 1.39. The van der Waals surface area contributed by atoms with Crippen molar-refractivity contribution in [1.29, 1.82) is 0 Å². The molecule has 0 saturated heterocycles. The zero-order chi connectivity index (χ0) is 22.5. The molecule has 1 saturated carbocycles. The van der Waals surface area contributed by atoms with Crippen molar-refractivity contribution in [3.05, 3.63) is 95.3 Å². The summed E-state index contributed by atoms with van der Waals surface area (Å²) in [6, 6.07) is 12.7. The quantitative estimate of drug-likeness (QED) is 0.283. The van der Waals surface area contributed by atoms with Crippen molar-refractivity contribution in [2.45, 2.75) is 44.9 Å². The third-order valence-corrected chi connectivity index (χ3v) is 6.56. The summed E-state index contributed by atoms with van der Waals surface area (Å²) in [5.74, 6) is 5.23. The number of benzene rings is 3. The Hall–Kier alpha value is -2.99. The summed E-state index contributed by atoms with van der Waals surface area (Å²) in [5.41, 5.74) is 1.97. The molecular weight excluding hydrogens is 405 g/mol. The molecule has 0 unspecified atom stereocenters. The van der Waals surface area contributed by atoms with Crippen LogP contribution < -0.4 is 0 Å². The third kappa shape index (κ3) is 5.43. The van der Waals surface area contributed by atoms with E-state index in [1.165, 1.54) is 25.7 Å². The van der Waals surface area contributed by atoms with Gasteiger partial charge in [0.2, 0.25) is 0 Å². The van der Waals surface area contributed by atoms with E-state index in [0.717, 1.165) is 48.8 Å². The van der Waals surface area contributed by atoms with Gasteiger partial charge in [0.1, 0.15) is 5.82 Å². The van der Waals surface area contributed by atoms with Crippen molar-refractivity contribution in [2.75, 3.05) is 0 Å². The molecule has 0 atom stereocenters. The Bertz CT molecular complexity index is 1170. The molecule has 3 aromatic carbocycles. The van der Waals surface area contributed by atoms with E-state index < -0.39 is 11.6 Å². The van der Waals surface area contributed by atoms with E-state index in [-0.39, 0.29) is 5.82 Å². The van der Waals surface area contributed by atoms with E-state index in [4.69, 9.17) is 0 Å². The first-order valence-corrected chi connectivity index (χ1v) is 11.3. The average molecular weight is 433 g/mol. The van der Waals surface area contributed by atoms with E-state index in [2.05, 4.69) is 18.4 Å². The van der Waals surface area contributed by atoms with Crippen LogP contribution in [0.15, 0.2) is 61.2 Å². The molecule has 0 nitrogen and oxygen atoms in total. The van der Waals surface area contributed by atoms with Crippen molar-refractivity contribution < 1.29 is 13.2 Å². The molecule has 0 heterocycles. The fourth-order valence-corrected chi connectivity index (χ4v) is 4.64. The summed E-state index contributed by atoms with van der Waals surface area (Å²) >= 11 is 0. The van der Waals surface area contributed by atoms with E-state index in [1.54, 1.807) is 30.3 Å². The highest BCUT2D eigenvalue weighted by Crippen LogP contribution is 2.33. The highest BCUT2D eigenvalue weighted by Gasteiger charge is 2.20. The van der Waals surface area contributed by atoms with Crippen molar-refractivity contribution in [1.82, 2.24) is 0 Å². The monoisotopic (exact) mass is 432 g/mol. The molecule has 1 aliphatic carbocycles. The largest absolute Gasteiger partial charge is 0.206 e. The number of hydrogen-bond acceptors (Lipinski definition) is 0. The molecule has 0 amide bonds. The zero-order valence-electron chi connectivity index (χ0n) is 18.1. The first-order chi connectivity index (χ1) is 15.5. The second-order valence-electron chi connectivity index (χ2n) is 8.84. The lowest BCUT2D eigenvalue weighted by Crippen LogP contribution is -2.14. The van der Waals surface area contributed by atoms with Gasteiger partial charge in [0.25, 0.3) is 0 Å². The van der Waals surface area contributed by atoms with Gasteiger partial charge in [-0.2, -0.15) is 0 Å². The fraction of sp³-hybridized carbons (Fsp3) is 0.310. The molecule has 3 aromatic rings. The maximum Gasteiger partial charge on any atom is 0.159 e. The van der Waals surface area contributed by atoms with Crippen molar-refractivity contribution in [3.63, 3.8) is 0 Å². The number of hydrogen-bond donors (Lipinski definition) is 0. The molecule has 1 aliphatic rings. The van der Waals surface area contributed by atoms with Crippen LogP contribution in [0.3, 0.4) is 0 Å². The molecule has 32 heavy (non-hydrogen) atoms. The van der Waals surface area contributed by atoms with Crippen LogP contribution in [0.25, 0.3) is 10.8 Å². The molecule has 0 radical (unpaired) electrons. The predicted molar refractivity (Wildman–Crippen MR) is 125 cm³/mol. The Morgan fingerprint density at radius 3 is 2.22 bits per heavy atom. The molecule has 0 aromatic heterocycles. The minimum Gasteiger partial charge on any atom is -0.206 e. The van der Waals surface area contributed by atoms with Gasteiger partial charge in [-0.15, -0.1) is 6.58 Å². The maximum atomic E-state index is 14.6. The number of fused-ring (bicyclic) bond motifs is 1. The van der Waals surface area contributed by atoms with Crippen LogP contribution in [-0.2, 0) is 6.42 Å². The van der Waals surface area contributed by atoms with Gasteiger partial charge in [-0.1, -0.05) is 42.9 Å². The molecule has 3 heteroatoms. The minimum atomic E-state index is -0.894. The smallest absolute Gasteiger partial charge is 0.159 e. The number of allylic oxidation sites excluding steroid dienone is 1. The summed E-state index contributed by atoms with van der Waals surface area (Å²) in [6.07, 6.45) is 10.2. The molecule has 0 N–H and O–H groups in total. The van der Waals surface area contributed by atoms with Crippen molar-refractivity contribution in [3.8, 4) is 11.8 Å². The number of halogens is 3. The standard InChI is InChI=1S/C29H27F3/c1-2-3-20-4-6-21(7-5-20)8-9-23-11-14-24(27(30)17-23)13-10-22-12-15-25-18-28(31)29(32)19-26(25)16-22/h2,11-12,14-21H,1,3-9H2. The van der Waals surface area contributed by atoms with Crippen LogP contribution in [0.1, 0.15) is 55.2 Å². The summed E-state index contributed by atoms with van der Waals surface area (Å²) in [4.78, 5) is 0. The second-order valence-corrected chi connectivity index (χ2v) is 8.84. The molecule has 0 spiro atoms. The van der Waals surface area contributed by atoms with Gasteiger partial charge in [0.15, 0.2) is 11.6 Å². The first-order valence-electron chi connectivity index (χ1n) is 11.3. The normalized spacial score (nSPS) is 18.2.